The van der Waals surface area contributed by atoms with Crippen molar-refractivity contribution in [2.45, 2.75) is 25.8 Å². The van der Waals surface area contributed by atoms with Crippen LogP contribution in [0.2, 0.25) is 0 Å². The molecule has 5 nitrogen and oxygen atoms in total. The monoisotopic (exact) mass is 362 g/mol. The van der Waals surface area contributed by atoms with Crippen LogP contribution in [-0.4, -0.2) is 68.7 Å². The normalized spacial score (nSPS) is 23.7. The molecule has 2 aliphatic rings. The summed E-state index contributed by atoms with van der Waals surface area (Å²) < 4.78 is 18.9. The first-order valence-corrected chi connectivity index (χ1v) is 9.70. The van der Waals surface area contributed by atoms with Crippen LogP contribution in [0.1, 0.15) is 31.4 Å². The SMILES string of the molecule is CN=C(NCC(c1ccc(F)cc1)N1CCOCC1)N1CCCC(C)C1. The summed E-state index contributed by atoms with van der Waals surface area (Å²) in [4.78, 5) is 9.27. The number of piperidine rings is 1. The molecule has 1 aromatic carbocycles. The van der Waals surface area contributed by atoms with Crippen molar-refractivity contribution in [3.8, 4) is 0 Å². The first kappa shape index (κ1) is 19.1. The number of halogens is 1. The van der Waals surface area contributed by atoms with Gasteiger partial charge in [-0.15, -0.1) is 0 Å². The van der Waals surface area contributed by atoms with E-state index in [2.05, 4.69) is 27.0 Å². The largest absolute Gasteiger partial charge is 0.379 e. The van der Waals surface area contributed by atoms with E-state index in [0.717, 1.165) is 57.5 Å². The number of rotatable bonds is 4. The highest BCUT2D eigenvalue weighted by Crippen LogP contribution is 2.22. The van der Waals surface area contributed by atoms with E-state index in [1.807, 2.05) is 19.2 Å². The molecular formula is C20H31FN4O. The van der Waals surface area contributed by atoms with Crippen LogP contribution in [-0.2, 0) is 4.74 Å². The lowest BCUT2D eigenvalue weighted by Gasteiger charge is -2.37. The summed E-state index contributed by atoms with van der Waals surface area (Å²) in [5.74, 6) is 1.48. The van der Waals surface area contributed by atoms with Crippen molar-refractivity contribution < 1.29 is 9.13 Å². The Morgan fingerprint density at radius 2 is 2.00 bits per heavy atom. The Hall–Kier alpha value is -1.66. The van der Waals surface area contributed by atoms with E-state index in [1.54, 1.807) is 12.1 Å². The molecular weight excluding hydrogens is 331 g/mol. The zero-order chi connectivity index (χ0) is 18.4. The van der Waals surface area contributed by atoms with Crippen molar-refractivity contribution in [2.24, 2.45) is 10.9 Å². The molecule has 2 heterocycles. The maximum absolute atomic E-state index is 13.4. The van der Waals surface area contributed by atoms with Crippen molar-refractivity contribution in [3.63, 3.8) is 0 Å². The minimum absolute atomic E-state index is 0.179. The van der Waals surface area contributed by atoms with Crippen LogP contribution in [0.4, 0.5) is 4.39 Å². The summed E-state index contributed by atoms with van der Waals surface area (Å²) >= 11 is 0. The first-order chi connectivity index (χ1) is 12.7. The molecule has 2 fully saturated rings. The third kappa shape index (κ3) is 4.95. The van der Waals surface area contributed by atoms with Crippen molar-refractivity contribution >= 4 is 5.96 Å². The molecule has 0 saturated carbocycles. The van der Waals surface area contributed by atoms with E-state index in [1.165, 1.54) is 12.8 Å². The summed E-state index contributed by atoms with van der Waals surface area (Å²) in [6.07, 6.45) is 2.51. The van der Waals surface area contributed by atoms with Gasteiger partial charge in [0.25, 0.3) is 0 Å². The van der Waals surface area contributed by atoms with Crippen LogP contribution in [0.3, 0.4) is 0 Å². The van der Waals surface area contributed by atoms with E-state index in [0.29, 0.717) is 5.92 Å². The smallest absolute Gasteiger partial charge is 0.193 e. The Bertz CT molecular complexity index is 586. The van der Waals surface area contributed by atoms with Gasteiger partial charge in [-0.05, 0) is 36.5 Å². The number of guanidine groups is 1. The molecule has 144 valence electrons. The van der Waals surface area contributed by atoms with Gasteiger partial charge in [-0.1, -0.05) is 19.1 Å². The first-order valence-electron chi connectivity index (χ1n) is 9.70. The number of ether oxygens (including phenoxy) is 1. The standard InChI is InChI=1S/C20H31FN4O/c1-16-4-3-9-25(15-16)20(22-2)23-14-19(24-10-12-26-13-11-24)17-5-7-18(21)8-6-17/h5-8,16,19H,3-4,9-15H2,1-2H3,(H,22,23). The number of likely N-dealkylation sites (tertiary alicyclic amines) is 1. The second kappa shape index (κ2) is 9.33. The molecule has 0 spiro atoms. The van der Waals surface area contributed by atoms with Gasteiger partial charge in [-0.2, -0.15) is 0 Å². The Morgan fingerprint density at radius 1 is 1.27 bits per heavy atom. The summed E-state index contributed by atoms with van der Waals surface area (Å²) in [5, 5.41) is 3.57. The van der Waals surface area contributed by atoms with Crippen LogP contribution in [0.15, 0.2) is 29.3 Å². The molecule has 0 aromatic heterocycles. The molecule has 2 saturated heterocycles. The second-order valence-electron chi connectivity index (χ2n) is 7.34. The lowest BCUT2D eigenvalue weighted by molar-refractivity contribution is 0.0168. The van der Waals surface area contributed by atoms with Crippen molar-refractivity contribution in [2.75, 3.05) is 53.0 Å². The van der Waals surface area contributed by atoms with Crippen molar-refractivity contribution in [3.05, 3.63) is 35.6 Å². The van der Waals surface area contributed by atoms with E-state index in [9.17, 15) is 4.39 Å². The topological polar surface area (TPSA) is 40.1 Å². The zero-order valence-corrected chi connectivity index (χ0v) is 16.0. The molecule has 0 aliphatic carbocycles. The third-order valence-electron chi connectivity index (χ3n) is 5.36. The van der Waals surface area contributed by atoms with Crippen LogP contribution in [0.5, 0.6) is 0 Å². The van der Waals surface area contributed by atoms with Crippen LogP contribution in [0, 0.1) is 11.7 Å². The molecule has 0 bridgehead atoms. The second-order valence-corrected chi connectivity index (χ2v) is 7.34. The Kier molecular flexibility index (Phi) is 6.86. The van der Waals surface area contributed by atoms with E-state index in [4.69, 9.17) is 4.74 Å². The molecule has 3 rings (SSSR count). The minimum atomic E-state index is -0.194. The molecule has 1 N–H and O–H groups in total. The number of benzene rings is 1. The van der Waals surface area contributed by atoms with Gasteiger partial charge < -0.3 is 15.0 Å². The number of aliphatic imine (C=N–C) groups is 1. The zero-order valence-electron chi connectivity index (χ0n) is 16.0. The number of hydrogen-bond donors (Lipinski definition) is 1. The lowest BCUT2D eigenvalue weighted by Crippen LogP contribution is -2.49. The molecule has 0 amide bonds. The summed E-state index contributed by atoms with van der Waals surface area (Å²) in [6, 6.07) is 7.05. The predicted molar refractivity (Wildman–Crippen MR) is 103 cm³/mol. The van der Waals surface area contributed by atoms with Gasteiger partial charge >= 0.3 is 0 Å². The fourth-order valence-electron chi connectivity index (χ4n) is 3.93. The molecule has 2 atom stereocenters. The average molecular weight is 362 g/mol. The maximum atomic E-state index is 13.4. The van der Waals surface area contributed by atoms with Crippen LogP contribution < -0.4 is 5.32 Å². The van der Waals surface area contributed by atoms with E-state index >= 15 is 0 Å². The Balaban J connectivity index is 1.69. The summed E-state index contributed by atoms with van der Waals surface area (Å²) in [5.41, 5.74) is 1.13. The maximum Gasteiger partial charge on any atom is 0.193 e. The molecule has 26 heavy (non-hydrogen) atoms. The van der Waals surface area contributed by atoms with Gasteiger partial charge in [-0.25, -0.2) is 4.39 Å². The minimum Gasteiger partial charge on any atom is -0.379 e. The predicted octanol–water partition coefficient (Wildman–Crippen LogP) is 2.51. The third-order valence-corrected chi connectivity index (χ3v) is 5.36. The fraction of sp³-hybridized carbons (Fsp3) is 0.650. The number of nitrogens with one attached hydrogen (secondary N) is 1. The van der Waals surface area contributed by atoms with E-state index < -0.39 is 0 Å². The van der Waals surface area contributed by atoms with Gasteiger partial charge in [0, 0.05) is 39.8 Å². The quantitative estimate of drug-likeness (QED) is 0.660. The molecule has 1 aromatic rings. The van der Waals surface area contributed by atoms with Crippen LogP contribution in [0.25, 0.3) is 0 Å². The highest BCUT2D eigenvalue weighted by molar-refractivity contribution is 5.80. The van der Waals surface area contributed by atoms with Gasteiger partial charge in [-0.3, -0.25) is 9.89 Å². The van der Waals surface area contributed by atoms with Crippen molar-refractivity contribution in [1.82, 2.24) is 15.1 Å². The highest BCUT2D eigenvalue weighted by Gasteiger charge is 2.25. The summed E-state index contributed by atoms with van der Waals surface area (Å²) in [7, 11) is 1.85. The molecule has 0 radical (unpaired) electrons. The van der Waals surface area contributed by atoms with Gasteiger partial charge in [0.1, 0.15) is 5.82 Å². The lowest BCUT2D eigenvalue weighted by atomic mass is 10.0. The van der Waals surface area contributed by atoms with Crippen molar-refractivity contribution in [1.29, 1.82) is 0 Å². The molecule has 6 heteroatoms. The fourth-order valence-corrected chi connectivity index (χ4v) is 3.93. The van der Waals surface area contributed by atoms with E-state index in [-0.39, 0.29) is 11.9 Å². The van der Waals surface area contributed by atoms with Gasteiger partial charge in [0.2, 0.25) is 0 Å². The average Bonchev–Trinajstić information content (AvgIpc) is 2.67. The molecule has 2 unspecified atom stereocenters. The highest BCUT2D eigenvalue weighted by atomic mass is 19.1. The summed E-state index contributed by atoms with van der Waals surface area (Å²) in [6.45, 7) is 8.44. The Morgan fingerprint density at radius 3 is 2.65 bits per heavy atom. The van der Waals surface area contributed by atoms with Crippen LogP contribution >= 0.6 is 0 Å². The number of hydrogen-bond acceptors (Lipinski definition) is 3. The van der Waals surface area contributed by atoms with Gasteiger partial charge in [0.05, 0.1) is 19.3 Å². The Labute approximate surface area is 156 Å². The molecule has 2 aliphatic heterocycles. The van der Waals surface area contributed by atoms with Gasteiger partial charge in [0.15, 0.2) is 5.96 Å². The number of nitrogens with zero attached hydrogens (tertiary/aromatic N) is 3. The number of morpholine rings is 1.